The maximum atomic E-state index is 11.9. The fourth-order valence-corrected chi connectivity index (χ4v) is 3.01. The number of amides is 1. The van der Waals surface area contributed by atoms with Crippen LogP contribution in [0.15, 0.2) is 0 Å². The molecule has 1 aromatic heterocycles. The van der Waals surface area contributed by atoms with Gasteiger partial charge in [-0.05, 0) is 19.5 Å². The van der Waals surface area contributed by atoms with Gasteiger partial charge in [0.15, 0.2) is 0 Å². The summed E-state index contributed by atoms with van der Waals surface area (Å²) in [7, 11) is 1.55. The van der Waals surface area contributed by atoms with Gasteiger partial charge >= 0.3 is 0 Å². The number of rotatable bonds is 8. The lowest BCUT2D eigenvalue weighted by molar-refractivity contribution is 0.0965. The molecule has 0 saturated carbocycles. The number of thiophene rings is 1. The standard InChI is InChI=1S/C14H23N5OS/c1-4-7-19(5-2)8-6-18-14-11(13(20)17-3)12(16)10(9-15)21-14/h18H,4-8,16H2,1-3H3,(H,17,20). The summed E-state index contributed by atoms with van der Waals surface area (Å²) >= 11 is 1.23. The molecule has 0 aliphatic rings. The van der Waals surface area contributed by atoms with E-state index in [4.69, 9.17) is 11.0 Å². The molecule has 21 heavy (non-hydrogen) atoms. The zero-order chi connectivity index (χ0) is 15.8. The number of nitrogens with two attached hydrogens (primary N) is 1. The molecule has 1 amide bonds. The maximum absolute atomic E-state index is 11.9. The van der Waals surface area contributed by atoms with Crippen molar-refractivity contribution in [3.8, 4) is 6.07 Å². The van der Waals surface area contributed by atoms with E-state index in [0.29, 0.717) is 22.0 Å². The molecule has 1 aromatic rings. The van der Waals surface area contributed by atoms with Gasteiger partial charge in [0.1, 0.15) is 15.9 Å². The first-order chi connectivity index (χ1) is 10.1. The van der Waals surface area contributed by atoms with Crippen LogP contribution in [0.1, 0.15) is 35.5 Å². The highest BCUT2D eigenvalue weighted by atomic mass is 32.1. The number of anilines is 2. The van der Waals surface area contributed by atoms with Crippen LogP contribution in [-0.4, -0.2) is 44.0 Å². The minimum Gasteiger partial charge on any atom is -0.396 e. The zero-order valence-electron chi connectivity index (χ0n) is 12.8. The van der Waals surface area contributed by atoms with Gasteiger partial charge in [0, 0.05) is 20.1 Å². The number of hydrogen-bond donors (Lipinski definition) is 3. The van der Waals surface area contributed by atoms with Gasteiger partial charge in [0.25, 0.3) is 5.91 Å². The van der Waals surface area contributed by atoms with Crippen LogP contribution in [0.25, 0.3) is 0 Å². The summed E-state index contributed by atoms with van der Waals surface area (Å²) in [5, 5.41) is 15.5. The van der Waals surface area contributed by atoms with Gasteiger partial charge < -0.3 is 21.3 Å². The molecule has 1 heterocycles. The van der Waals surface area contributed by atoms with Gasteiger partial charge in [0.2, 0.25) is 0 Å². The molecule has 7 heteroatoms. The van der Waals surface area contributed by atoms with Crippen molar-refractivity contribution >= 4 is 27.9 Å². The number of nitrogen functional groups attached to an aromatic ring is 1. The molecule has 4 N–H and O–H groups in total. The molecule has 0 aromatic carbocycles. The molecular weight excluding hydrogens is 286 g/mol. The van der Waals surface area contributed by atoms with Crippen molar-refractivity contribution in [2.75, 3.05) is 44.3 Å². The molecule has 0 aliphatic heterocycles. The van der Waals surface area contributed by atoms with Crippen LogP contribution in [0.5, 0.6) is 0 Å². The van der Waals surface area contributed by atoms with E-state index < -0.39 is 0 Å². The second kappa shape index (κ2) is 8.49. The first kappa shape index (κ1) is 17.3. The van der Waals surface area contributed by atoms with Crippen molar-refractivity contribution in [3.63, 3.8) is 0 Å². The predicted octanol–water partition coefficient (Wildman–Crippen LogP) is 1.71. The van der Waals surface area contributed by atoms with Crippen LogP contribution in [0, 0.1) is 11.3 Å². The summed E-state index contributed by atoms with van der Waals surface area (Å²) in [6.07, 6.45) is 1.11. The molecule has 0 unspecified atom stereocenters. The Balaban J connectivity index is 2.79. The fraction of sp³-hybridized carbons (Fsp3) is 0.571. The lowest BCUT2D eigenvalue weighted by Gasteiger charge is -2.19. The number of hydrogen-bond acceptors (Lipinski definition) is 6. The van der Waals surface area contributed by atoms with Gasteiger partial charge in [-0.2, -0.15) is 5.26 Å². The minimum absolute atomic E-state index is 0.255. The van der Waals surface area contributed by atoms with E-state index in [2.05, 4.69) is 29.4 Å². The average Bonchev–Trinajstić information content (AvgIpc) is 2.81. The van der Waals surface area contributed by atoms with Crippen LogP contribution in [0.4, 0.5) is 10.7 Å². The topological polar surface area (TPSA) is 94.2 Å². The third-order valence-corrected chi connectivity index (χ3v) is 4.27. The Hall–Kier alpha value is -1.78. The highest BCUT2D eigenvalue weighted by molar-refractivity contribution is 7.17. The number of carbonyl (C=O) groups is 1. The highest BCUT2D eigenvalue weighted by Gasteiger charge is 2.21. The normalized spacial score (nSPS) is 10.4. The van der Waals surface area contributed by atoms with Crippen molar-refractivity contribution in [2.45, 2.75) is 20.3 Å². The van der Waals surface area contributed by atoms with E-state index in [1.807, 2.05) is 6.07 Å². The summed E-state index contributed by atoms with van der Waals surface area (Å²) in [5.41, 5.74) is 6.50. The second-order valence-electron chi connectivity index (χ2n) is 4.60. The summed E-state index contributed by atoms with van der Waals surface area (Å²) < 4.78 is 0. The van der Waals surface area contributed by atoms with E-state index in [1.165, 1.54) is 11.3 Å². The third-order valence-electron chi connectivity index (χ3n) is 3.20. The summed E-state index contributed by atoms with van der Waals surface area (Å²) in [4.78, 5) is 14.6. The lowest BCUT2D eigenvalue weighted by atomic mass is 10.2. The van der Waals surface area contributed by atoms with Crippen LogP contribution >= 0.6 is 11.3 Å². The van der Waals surface area contributed by atoms with E-state index in [-0.39, 0.29) is 11.6 Å². The van der Waals surface area contributed by atoms with Gasteiger partial charge in [-0.1, -0.05) is 13.8 Å². The highest BCUT2D eigenvalue weighted by Crippen LogP contribution is 2.34. The second-order valence-corrected chi connectivity index (χ2v) is 5.62. The van der Waals surface area contributed by atoms with Gasteiger partial charge in [-0.3, -0.25) is 4.79 Å². The largest absolute Gasteiger partial charge is 0.396 e. The van der Waals surface area contributed by atoms with E-state index in [9.17, 15) is 4.79 Å². The first-order valence-corrected chi connectivity index (χ1v) is 7.91. The molecule has 0 aliphatic carbocycles. The molecule has 0 bridgehead atoms. The van der Waals surface area contributed by atoms with Crippen molar-refractivity contribution in [1.29, 1.82) is 5.26 Å². The molecule has 0 fully saturated rings. The molecule has 1 rings (SSSR count). The number of likely N-dealkylation sites (N-methyl/N-ethyl adjacent to an activating group) is 1. The van der Waals surface area contributed by atoms with E-state index in [0.717, 1.165) is 26.1 Å². The molecule has 6 nitrogen and oxygen atoms in total. The van der Waals surface area contributed by atoms with Gasteiger partial charge in [0.05, 0.1) is 11.3 Å². The number of nitriles is 1. The van der Waals surface area contributed by atoms with Crippen LogP contribution in [0.3, 0.4) is 0 Å². The summed E-state index contributed by atoms with van der Waals surface area (Å²) in [6, 6.07) is 2.03. The Morgan fingerprint density at radius 1 is 1.43 bits per heavy atom. The number of carbonyl (C=O) groups excluding carboxylic acids is 1. The minimum atomic E-state index is -0.270. The first-order valence-electron chi connectivity index (χ1n) is 7.09. The Bertz CT molecular complexity index is 520. The predicted molar refractivity (Wildman–Crippen MR) is 87.7 cm³/mol. The van der Waals surface area contributed by atoms with Crippen molar-refractivity contribution in [2.24, 2.45) is 0 Å². The Labute approximate surface area is 129 Å². The number of nitrogens with one attached hydrogen (secondary N) is 2. The SMILES string of the molecule is CCCN(CC)CCNc1sc(C#N)c(N)c1C(=O)NC. The Kier molecular flexibility index (Phi) is 6.99. The van der Waals surface area contributed by atoms with Crippen molar-refractivity contribution in [3.05, 3.63) is 10.4 Å². The van der Waals surface area contributed by atoms with Gasteiger partial charge in [-0.15, -0.1) is 11.3 Å². The quantitative estimate of drug-likeness (QED) is 0.679. The molecule has 0 saturated heterocycles. The van der Waals surface area contributed by atoms with Crippen molar-refractivity contribution < 1.29 is 4.79 Å². The van der Waals surface area contributed by atoms with E-state index in [1.54, 1.807) is 7.05 Å². The average molecular weight is 309 g/mol. The van der Waals surface area contributed by atoms with Gasteiger partial charge in [-0.25, -0.2) is 0 Å². The molecular formula is C14H23N5OS. The van der Waals surface area contributed by atoms with E-state index >= 15 is 0 Å². The third kappa shape index (κ3) is 4.34. The molecule has 0 spiro atoms. The Morgan fingerprint density at radius 2 is 2.14 bits per heavy atom. The smallest absolute Gasteiger partial charge is 0.256 e. The van der Waals surface area contributed by atoms with Crippen LogP contribution in [-0.2, 0) is 0 Å². The Morgan fingerprint density at radius 3 is 2.67 bits per heavy atom. The zero-order valence-corrected chi connectivity index (χ0v) is 13.6. The monoisotopic (exact) mass is 309 g/mol. The van der Waals surface area contributed by atoms with Crippen LogP contribution < -0.4 is 16.4 Å². The maximum Gasteiger partial charge on any atom is 0.256 e. The summed E-state index contributed by atoms with van der Waals surface area (Å²) in [6.45, 7) is 7.92. The number of nitrogens with zero attached hydrogens (tertiary/aromatic N) is 2. The van der Waals surface area contributed by atoms with Crippen LogP contribution in [0.2, 0.25) is 0 Å². The van der Waals surface area contributed by atoms with Crippen molar-refractivity contribution in [1.82, 2.24) is 10.2 Å². The fourth-order valence-electron chi connectivity index (χ4n) is 2.07. The molecule has 116 valence electrons. The molecule has 0 atom stereocenters. The summed E-state index contributed by atoms with van der Waals surface area (Å²) in [5.74, 6) is -0.270. The molecule has 0 radical (unpaired) electrons. The lowest BCUT2D eigenvalue weighted by Crippen LogP contribution is -2.30.